The third-order valence-corrected chi connectivity index (χ3v) is 5.08. The minimum atomic E-state index is -3.57. The van der Waals surface area contributed by atoms with Crippen molar-refractivity contribution in [2.45, 2.75) is 18.2 Å². The average molecular weight is 332 g/mol. The molecule has 2 aromatic rings. The number of nitrogens with one attached hydrogen (secondary N) is 2. The van der Waals surface area contributed by atoms with Crippen molar-refractivity contribution in [3.05, 3.63) is 47.4 Å². The fourth-order valence-electron chi connectivity index (χ4n) is 2.40. The van der Waals surface area contributed by atoms with Crippen LogP contribution >= 0.6 is 0 Å². The summed E-state index contributed by atoms with van der Waals surface area (Å²) >= 11 is 0. The maximum absolute atomic E-state index is 12.2. The molecule has 0 aliphatic carbocycles. The summed E-state index contributed by atoms with van der Waals surface area (Å²) in [6.45, 7) is 1.97. The number of amides is 1. The van der Waals surface area contributed by atoms with Crippen LogP contribution < -0.4 is 10.0 Å². The van der Waals surface area contributed by atoms with Crippen LogP contribution in [0.5, 0.6) is 0 Å². The molecule has 1 aromatic carbocycles. The average Bonchev–Trinajstić information content (AvgIpc) is 3.12. The van der Waals surface area contributed by atoms with Crippen LogP contribution in [0.2, 0.25) is 0 Å². The zero-order valence-electron chi connectivity index (χ0n) is 12.7. The molecule has 1 aliphatic rings. The maximum Gasteiger partial charge on any atom is 0.256 e. The summed E-state index contributed by atoms with van der Waals surface area (Å²) in [6, 6.07) is 8.15. The fourth-order valence-corrected chi connectivity index (χ4v) is 3.16. The van der Waals surface area contributed by atoms with Crippen molar-refractivity contribution >= 4 is 33.3 Å². The van der Waals surface area contributed by atoms with Gasteiger partial charge in [-0.25, -0.2) is 13.1 Å². The van der Waals surface area contributed by atoms with E-state index in [-0.39, 0.29) is 10.8 Å². The van der Waals surface area contributed by atoms with E-state index in [0.29, 0.717) is 22.6 Å². The highest BCUT2D eigenvalue weighted by Gasteiger charge is 2.26. The monoisotopic (exact) mass is 332 g/mol. The first kappa shape index (κ1) is 15.5. The normalized spacial score (nSPS) is 15.7. The van der Waals surface area contributed by atoms with Gasteiger partial charge in [0.15, 0.2) is 0 Å². The predicted octanol–water partition coefficient (Wildman–Crippen LogP) is 2.24. The van der Waals surface area contributed by atoms with Crippen LogP contribution in [0.3, 0.4) is 0 Å². The summed E-state index contributed by atoms with van der Waals surface area (Å²) in [5.74, 6) is 1.09. The third-order valence-electron chi connectivity index (χ3n) is 3.67. The molecule has 0 spiro atoms. The lowest BCUT2D eigenvalue weighted by atomic mass is 10.1. The first-order valence-electron chi connectivity index (χ1n) is 7.14. The van der Waals surface area contributed by atoms with Gasteiger partial charge in [-0.05, 0) is 43.5 Å². The van der Waals surface area contributed by atoms with E-state index >= 15 is 0 Å². The number of fused-ring (bicyclic) bond motifs is 1. The fraction of sp³-hybridized carbons (Fsp3) is 0.188. The number of benzene rings is 1. The lowest BCUT2D eigenvalue weighted by molar-refractivity contribution is -0.110. The van der Waals surface area contributed by atoms with Gasteiger partial charge in [-0.3, -0.25) is 4.79 Å². The van der Waals surface area contributed by atoms with E-state index in [9.17, 15) is 13.2 Å². The predicted molar refractivity (Wildman–Crippen MR) is 87.3 cm³/mol. The summed E-state index contributed by atoms with van der Waals surface area (Å²) in [5, 5.41) is 2.72. The summed E-state index contributed by atoms with van der Waals surface area (Å²) in [5.41, 5.74) is 1.50. The maximum atomic E-state index is 12.2. The smallest absolute Gasteiger partial charge is 0.256 e. The first-order chi connectivity index (χ1) is 10.9. The van der Waals surface area contributed by atoms with E-state index in [4.69, 9.17) is 4.42 Å². The Bertz CT molecular complexity index is 910. The second-order valence-corrected chi connectivity index (χ2v) is 6.97. The van der Waals surface area contributed by atoms with Gasteiger partial charge in [-0.1, -0.05) is 6.92 Å². The van der Waals surface area contributed by atoms with Crippen LogP contribution in [-0.4, -0.2) is 21.4 Å². The second kappa shape index (κ2) is 5.68. The Morgan fingerprint density at radius 1 is 1.26 bits per heavy atom. The largest absolute Gasteiger partial charge is 0.462 e. The van der Waals surface area contributed by atoms with Crippen molar-refractivity contribution in [3.63, 3.8) is 0 Å². The van der Waals surface area contributed by atoms with E-state index in [1.165, 1.54) is 19.2 Å². The van der Waals surface area contributed by atoms with Gasteiger partial charge in [0.05, 0.1) is 10.5 Å². The number of sulfonamides is 1. The summed E-state index contributed by atoms with van der Waals surface area (Å²) < 4.78 is 31.7. The SMILES string of the molecule is CCc1ccc(C=C2C(=O)Nc3ccc(S(=O)(=O)NC)cc32)o1. The highest BCUT2D eigenvalue weighted by atomic mass is 32.2. The topological polar surface area (TPSA) is 88.4 Å². The molecule has 2 heterocycles. The number of hydrogen-bond donors (Lipinski definition) is 2. The Morgan fingerprint density at radius 3 is 2.70 bits per heavy atom. The van der Waals surface area contributed by atoms with Crippen LogP contribution in [0.4, 0.5) is 5.69 Å². The molecule has 23 heavy (non-hydrogen) atoms. The van der Waals surface area contributed by atoms with Crippen LogP contribution in [0, 0.1) is 0 Å². The second-order valence-electron chi connectivity index (χ2n) is 5.08. The Morgan fingerprint density at radius 2 is 2.04 bits per heavy atom. The molecule has 0 saturated carbocycles. The Balaban J connectivity index is 2.08. The number of furan rings is 1. The van der Waals surface area contributed by atoms with Crippen LogP contribution in [0.25, 0.3) is 11.6 Å². The summed E-state index contributed by atoms with van der Waals surface area (Å²) in [6.07, 6.45) is 2.38. The summed E-state index contributed by atoms with van der Waals surface area (Å²) in [7, 11) is -2.23. The van der Waals surface area contributed by atoms with Crippen LogP contribution in [0.1, 0.15) is 24.0 Å². The van der Waals surface area contributed by atoms with Crippen molar-refractivity contribution in [2.24, 2.45) is 0 Å². The van der Waals surface area contributed by atoms with E-state index in [1.54, 1.807) is 18.2 Å². The molecule has 0 radical (unpaired) electrons. The molecule has 0 unspecified atom stereocenters. The Hall–Kier alpha value is -2.38. The number of hydrogen-bond acceptors (Lipinski definition) is 4. The van der Waals surface area contributed by atoms with Crippen molar-refractivity contribution in [1.82, 2.24) is 4.72 Å². The zero-order chi connectivity index (χ0) is 16.6. The number of carbonyl (C=O) groups excluding carboxylic acids is 1. The zero-order valence-corrected chi connectivity index (χ0v) is 13.5. The first-order valence-corrected chi connectivity index (χ1v) is 8.62. The molecule has 0 saturated heterocycles. The minimum Gasteiger partial charge on any atom is -0.462 e. The standard InChI is InChI=1S/C16H16N2O4S/c1-3-10-4-5-11(22-10)8-14-13-9-12(23(20,21)17-2)6-7-15(13)18-16(14)19/h4-9,17H,3H2,1-2H3,(H,18,19). The Kier molecular flexibility index (Phi) is 3.83. The molecule has 6 nitrogen and oxygen atoms in total. The molecular formula is C16H16N2O4S. The van der Waals surface area contributed by atoms with Gasteiger partial charge in [-0.2, -0.15) is 0 Å². The molecule has 7 heteroatoms. The van der Waals surface area contributed by atoms with E-state index in [2.05, 4.69) is 10.0 Å². The molecule has 1 aromatic heterocycles. The third kappa shape index (κ3) is 2.80. The lowest BCUT2D eigenvalue weighted by Gasteiger charge is -2.05. The van der Waals surface area contributed by atoms with Gasteiger partial charge >= 0.3 is 0 Å². The van der Waals surface area contributed by atoms with E-state index < -0.39 is 10.0 Å². The van der Waals surface area contributed by atoms with Crippen LogP contribution in [0.15, 0.2) is 39.6 Å². The van der Waals surface area contributed by atoms with Gasteiger partial charge in [0.25, 0.3) is 5.91 Å². The van der Waals surface area contributed by atoms with Crippen molar-refractivity contribution in [2.75, 3.05) is 12.4 Å². The number of anilines is 1. The molecule has 1 amide bonds. The highest BCUT2D eigenvalue weighted by molar-refractivity contribution is 7.89. The minimum absolute atomic E-state index is 0.106. The van der Waals surface area contributed by atoms with Gasteiger partial charge in [0, 0.05) is 17.7 Å². The molecule has 120 valence electrons. The molecule has 1 aliphatic heterocycles. The van der Waals surface area contributed by atoms with Crippen molar-refractivity contribution in [3.8, 4) is 0 Å². The quantitative estimate of drug-likeness (QED) is 0.841. The van der Waals surface area contributed by atoms with Gasteiger partial charge in [-0.15, -0.1) is 0 Å². The van der Waals surface area contributed by atoms with Gasteiger partial charge < -0.3 is 9.73 Å². The molecule has 0 atom stereocenters. The van der Waals surface area contributed by atoms with Crippen molar-refractivity contribution in [1.29, 1.82) is 0 Å². The number of aryl methyl sites for hydroxylation is 1. The van der Waals surface area contributed by atoms with E-state index in [1.807, 2.05) is 13.0 Å². The van der Waals surface area contributed by atoms with Crippen LogP contribution in [-0.2, 0) is 21.2 Å². The van der Waals surface area contributed by atoms with Gasteiger partial charge in [0.1, 0.15) is 11.5 Å². The highest BCUT2D eigenvalue weighted by Crippen LogP contribution is 2.35. The molecule has 2 N–H and O–H groups in total. The number of carbonyl (C=O) groups is 1. The lowest BCUT2D eigenvalue weighted by Crippen LogP contribution is -2.18. The molecular weight excluding hydrogens is 316 g/mol. The summed E-state index contributed by atoms with van der Waals surface area (Å²) in [4.78, 5) is 12.3. The van der Waals surface area contributed by atoms with Gasteiger partial charge in [0.2, 0.25) is 10.0 Å². The number of rotatable bonds is 4. The Labute approximate surface area is 134 Å². The molecule has 3 rings (SSSR count). The van der Waals surface area contributed by atoms with E-state index in [0.717, 1.165) is 12.2 Å². The molecule has 0 bridgehead atoms. The van der Waals surface area contributed by atoms with Crippen molar-refractivity contribution < 1.29 is 17.6 Å². The molecule has 0 fully saturated rings.